The Balaban J connectivity index is 1.88. The largest absolute Gasteiger partial charge is 0.388 e. The van der Waals surface area contributed by atoms with E-state index < -0.39 is 6.10 Å². The molecule has 0 spiro atoms. The second-order valence-electron chi connectivity index (χ2n) is 5.72. The van der Waals surface area contributed by atoms with Crippen LogP contribution in [0.4, 0.5) is 0 Å². The van der Waals surface area contributed by atoms with Gasteiger partial charge in [-0.3, -0.25) is 0 Å². The van der Waals surface area contributed by atoms with Crippen molar-refractivity contribution in [2.75, 3.05) is 13.6 Å². The van der Waals surface area contributed by atoms with Gasteiger partial charge >= 0.3 is 0 Å². The van der Waals surface area contributed by atoms with Crippen molar-refractivity contribution in [3.8, 4) is 0 Å². The first-order valence-electron chi connectivity index (χ1n) is 7.42. The molecule has 0 heterocycles. The summed E-state index contributed by atoms with van der Waals surface area (Å²) < 4.78 is 0. The van der Waals surface area contributed by atoms with Crippen molar-refractivity contribution in [2.45, 2.75) is 50.7 Å². The van der Waals surface area contributed by atoms with E-state index in [1.54, 1.807) is 6.07 Å². The van der Waals surface area contributed by atoms with Crippen LogP contribution in [0.1, 0.15) is 50.2 Å². The van der Waals surface area contributed by atoms with Crippen molar-refractivity contribution in [3.05, 3.63) is 33.8 Å². The van der Waals surface area contributed by atoms with E-state index in [1.807, 2.05) is 12.1 Å². The molecule has 1 aliphatic rings. The third kappa shape index (κ3) is 4.11. The monoisotopic (exact) mass is 315 g/mol. The molecule has 4 heteroatoms. The Labute approximate surface area is 131 Å². The smallest absolute Gasteiger partial charge is 0.0817 e. The summed E-state index contributed by atoms with van der Waals surface area (Å²) >= 11 is 12.1. The minimum atomic E-state index is -0.549. The van der Waals surface area contributed by atoms with Gasteiger partial charge in [-0.25, -0.2) is 0 Å². The van der Waals surface area contributed by atoms with E-state index in [1.165, 1.54) is 32.1 Å². The Morgan fingerprint density at radius 3 is 2.65 bits per heavy atom. The molecule has 1 aliphatic carbocycles. The second kappa shape index (κ2) is 7.65. The molecule has 1 N–H and O–H groups in total. The molecule has 1 saturated carbocycles. The fourth-order valence-corrected chi connectivity index (χ4v) is 3.40. The Morgan fingerprint density at radius 1 is 1.25 bits per heavy atom. The summed E-state index contributed by atoms with van der Waals surface area (Å²) in [5, 5.41) is 11.3. The zero-order valence-corrected chi connectivity index (χ0v) is 13.5. The van der Waals surface area contributed by atoms with E-state index >= 15 is 0 Å². The Hall–Kier alpha value is -0.280. The van der Waals surface area contributed by atoms with Crippen LogP contribution < -0.4 is 0 Å². The molecule has 0 saturated heterocycles. The van der Waals surface area contributed by atoms with Gasteiger partial charge in [0.05, 0.1) is 16.1 Å². The van der Waals surface area contributed by atoms with Gasteiger partial charge in [-0.05, 0) is 32.4 Å². The van der Waals surface area contributed by atoms with Crippen molar-refractivity contribution in [2.24, 2.45) is 0 Å². The van der Waals surface area contributed by atoms with Crippen molar-refractivity contribution in [1.29, 1.82) is 0 Å². The lowest BCUT2D eigenvalue weighted by Crippen LogP contribution is -2.34. The summed E-state index contributed by atoms with van der Waals surface area (Å²) in [5.74, 6) is 0. The van der Waals surface area contributed by atoms with Gasteiger partial charge in [0.25, 0.3) is 0 Å². The minimum absolute atomic E-state index is 0.474. The van der Waals surface area contributed by atoms with Crippen LogP contribution in [0.2, 0.25) is 10.0 Å². The summed E-state index contributed by atoms with van der Waals surface area (Å²) in [6.07, 6.45) is 6.73. The highest BCUT2D eigenvalue weighted by Crippen LogP contribution is 2.31. The molecule has 1 aromatic carbocycles. The van der Waals surface area contributed by atoms with Crippen LogP contribution in [-0.2, 0) is 0 Å². The minimum Gasteiger partial charge on any atom is -0.388 e. The number of hydrogen-bond acceptors (Lipinski definition) is 2. The van der Waals surface area contributed by atoms with Gasteiger partial charge in [0, 0.05) is 18.2 Å². The number of benzene rings is 1. The molecule has 2 rings (SSSR count). The standard InChI is InChI=1S/C16H23Cl2NO/c1-19(12-6-3-2-4-7-12)11-10-15(20)13-8-5-9-14(17)16(13)18/h5,8-9,12,15,20H,2-4,6-7,10-11H2,1H3. The van der Waals surface area contributed by atoms with Crippen molar-refractivity contribution >= 4 is 23.2 Å². The van der Waals surface area contributed by atoms with Crippen LogP contribution in [0.5, 0.6) is 0 Å². The van der Waals surface area contributed by atoms with Crippen LogP contribution in [0.25, 0.3) is 0 Å². The molecule has 112 valence electrons. The zero-order valence-electron chi connectivity index (χ0n) is 12.0. The third-order valence-corrected chi connectivity index (χ3v) is 5.13. The Bertz CT molecular complexity index is 432. The average Bonchev–Trinajstić information content (AvgIpc) is 2.48. The SMILES string of the molecule is CN(CCC(O)c1cccc(Cl)c1Cl)C1CCCCC1. The van der Waals surface area contributed by atoms with Gasteiger partial charge in [-0.2, -0.15) is 0 Å². The third-order valence-electron chi connectivity index (χ3n) is 4.29. The Kier molecular flexibility index (Phi) is 6.16. The zero-order chi connectivity index (χ0) is 14.5. The van der Waals surface area contributed by atoms with Gasteiger partial charge in [0.2, 0.25) is 0 Å². The van der Waals surface area contributed by atoms with Crippen LogP contribution in [0, 0.1) is 0 Å². The van der Waals surface area contributed by atoms with E-state index in [0.717, 1.165) is 12.1 Å². The molecule has 1 atom stereocenters. The van der Waals surface area contributed by atoms with Crippen LogP contribution in [0.15, 0.2) is 18.2 Å². The fraction of sp³-hybridized carbons (Fsp3) is 0.625. The molecule has 1 unspecified atom stereocenters. The summed E-state index contributed by atoms with van der Waals surface area (Å²) in [5.41, 5.74) is 0.733. The molecule has 1 aromatic rings. The molecule has 0 aliphatic heterocycles. The normalized spacial score (nSPS) is 18.4. The molecule has 20 heavy (non-hydrogen) atoms. The highest BCUT2D eigenvalue weighted by molar-refractivity contribution is 6.42. The maximum Gasteiger partial charge on any atom is 0.0817 e. The van der Waals surface area contributed by atoms with E-state index in [9.17, 15) is 5.11 Å². The van der Waals surface area contributed by atoms with Crippen molar-refractivity contribution in [1.82, 2.24) is 4.90 Å². The first-order valence-corrected chi connectivity index (χ1v) is 8.17. The van der Waals surface area contributed by atoms with Crippen molar-refractivity contribution in [3.63, 3.8) is 0 Å². The van der Waals surface area contributed by atoms with Gasteiger partial charge in [0.1, 0.15) is 0 Å². The summed E-state index contributed by atoms with van der Waals surface area (Å²) in [7, 11) is 2.16. The van der Waals surface area contributed by atoms with Crippen LogP contribution in [0.3, 0.4) is 0 Å². The lowest BCUT2D eigenvalue weighted by molar-refractivity contribution is 0.125. The molecule has 0 bridgehead atoms. The predicted molar refractivity (Wildman–Crippen MR) is 85.5 cm³/mol. The van der Waals surface area contributed by atoms with Crippen molar-refractivity contribution < 1.29 is 5.11 Å². The van der Waals surface area contributed by atoms with Gasteiger partial charge in [-0.15, -0.1) is 0 Å². The number of hydrogen-bond donors (Lipinski definition) is 1. The van der Waals surface area contributed by atoms with Gasteiger partial charge < -0.3 is 10.0 Å². The molecule has 0 aromatic heterocycles. The summed E-state index contributed by atoms with van der Waals surface area (Å²) in [6.45, 7) is 0.884. The molecular weight excluding hydrogens is 293 g/mol. The van der Waals surface area contributed by atoms with Crippen LogP contribution in [-0.4, -0.2) is 29.6 Å². The average molecular weight is 316 g/mol. The number of halogens is 2. The topological polar surface area (TPSA) is 23.5 Å². The first kappa shape index (κ1) is 16.1. The van der Waals surface area contributed by atoms with E-state index in [-0.39, 0.29) is 0 Å². The molecule has 0 amide bonds. The first-order chi connectivity index (χ1) is 9.59. The van der Waals surface area contributed by atoms with E-state index in [4.69, 9.17) is 23.2 Å². The quantitative estimate of drug-likeness (QED) is 0.852. The number of nitrogens with zero attached hydrogens (tertiary/aromatic N) is 1. The highest BCUT2D eigenvalue weighted by atomic mass is 35.5. The van der Waals surface area contributed by atoms with Crippen LogP contribution >= 0.6 is 23.2 Å². The number of aliphatic hydroxyl groups is 1. The lowest BCUT2D eigenvalue weighted by Gasteiger charge is -2.31. The molecule has 1 fully saturated rings. The van der Waals surface area contributed by atoms with Gasteiger partial charge in [-0.1, -0.05) is 54.6 Å². The second-order valence-corrected chi connectivity index (χ2v) is 6.51. The fourth-order valence-electron chi connectivity index (χ4n) is 2.96. The molecule has 2 nitrogen and oxygen atoms in total. The molecule has 0 radical (unpaired) electrons. The maximum atomic E-state index is 10.3. The Morgan fingerprint density at radius 2 is 1.95 bits per heavy atom. The maximum absolute atomic E-state index is 10.3. The lowest BCUT2D eigenvalue weighted by atomic mass is 9.94. The highest BCUT2D eigenvalue weighted by Gasteiger charge is 2.20. The van der Waals surface area contributed by atoms with E-state index in [0.29, 0.717) is 22.5 Å². The summed E-state index contributed by atoms with van der Waals surface area (Å²) in [4.78, 5) is 2.38. The van der Waals surface area contributed by atoms with Gasteiger partial charge in [0.15, 0.2) is 0 Å². The number of rotatable bonds is 5. The molecular formula is C16H23Cl2NO. The number of aliphatic hydroxyl groups excluding tert-OH is 1. The summed E-state index contributed by atoms with van der Waals surface area (Å²) in [6, 6.07) is 6.09. The predicted octanol–water partition coefficient (Wildman–Crippen LogP) is 4.68. The van der Waals surface area contributed by atoms with E-state index in [2.05, 4.69) is 11.9 Å².